The Balaban J connectivity index is 1.66. The lowest BCUT2D eigenvalue weighted by atomic mass is 9.87. The minimum Gasteiger partial charge on any atom is -0.355 e. The number of rotatable bonds is 5. The minimum absolute atomic E-state index is 0.0531. The van der Waals surface area contributed by atoms with Gasteiger partial charge >= 0.3 is 0 Å². The lowest BCUT2D eigenvalue weighted by Crippen LogP contribution is -2.40. The Morgan fingerprint density at radius 3 is 2.75 bits per heavy atom. The number of fused-ring (bicyclic) bond motifs is 2. The first-order chi connectivity index (χ1) is 7.66. The van der Waals surface area contributed by atoms with Gasteiger partial charge in [0.15, 0.2) is 0 Å². The van der Waals surface area contributed by atoms with Crippen molar-refractivity contribution >= 4 is 5.91 Å². The highest BCUT2D eigenvalue weighted by atomic mass is 16.1. The van der Waals surface area contributed by atoms with Gasteiger partial charge in [-0.25, -0.2) is 0 Å². The predicted octanol–water partition coefficient (Wildman–Crippen LogP) is 1.31. The van der Waals surface area contributed by atoms with Crippen LogP contribution < -0.4 is 10.6 Å². The van der Waals surface area contributed by atoms with E-state index in [0.29, 0.717) is 6.04 Å². The summed E-state index contributed by atoms with van der Waals surface area (Å²) in [6, 6.07) is 0.564. The lowest BCUT2D eigenvalue weighted by molar-refractivity contribution is -0.118. The topological polar surface area (TPSA) is 41.1 Å². The van der Waals surface area contributed by atoms with E-state index < -0.39 is 0 Å². The molecule has 4 unspecified atom stereocenters. The highest BCUT2D eigenvalue weighted by Crippen LogP contribution is 2.44. The summed E-state index contributed by atoms with van der Waals surface area (Å²) in [5.74, 6) is 2.49. The molecule has 2 N–H and O–H groups in total. The van der Waals surface area contributed by atoms with E-state index in [0.717, 1.165) is 30.8 Å². The predicted molar refractivity (Wildman–Crippen MR) is 65.0 cm³/mol. The van der Waals surface area contributed by atoms with E-state index in [-0.39, 0.29) is 5.91 Å². The third kappa shape index (κ3) is 2.64. The molecule has 1 amide bonds. The molecule has 2 bridgehead atoms. The van der Waals surface area contributed by atoms with Crippen molar-refractivity contribution in [1.29, 1.82) is 0 Å². The number of allylic oxidation sites excluding steroid dienone is 2. The number of nitrogens with one attached hydrogen (secondary N) is 2. The normalized spacial score (nSPS) is 33.0. The molecule has 0 heterocycles. The maximum atomic E-state index is 10.7. The maximum Gasteiger partial charge on any atom is 0.216 e. The van der Waals surface area contributed by atoms with Crippen molar-refractivity contribution in [3.63, 3.8) is 0 Å². The first-order valence-electron chi connectivity index (χ1n) is 6.33. The third-order valence-electron chi connectivity index (χ3n) is 3.94. The van der Waals surface area contributed by atoms with E-state index in [9.17, 15) is 4.79 Å². The van der Waals surface area contributed by atoms with Gasteiger partial charge in [-0.2, -0.15) is 0 Å². The molecular formula is C13H22N2O. The van der Waals surface area contributed by atoms with Crippen molar-refractivity contribution in [2.75, 3.05) is 13.1 Å². The molecule has 3 heteroatoms. The monoisotopic (exact) mass is 222 g/mol. The Morgan fingerprint density at radius 1 is 1.38 bits per heavy atom. The molecule has 2 aliphatic rings. The molecule has 4 atom stereocenters. The molecular weight excluding hydrogens is 200 g/mol. The van der Waals surface area contributed by atoms with Crippen molar-refractivity contribution in [2.45, 2.75) is 32.7 Å². The molecule has 0 aromatic heterocycles. The zero-order chi connectivity index (χ0) is 11.5. The average molecular weight is 222 g/mol. The molecule has 3 nitrogen and oxygen atoms in total. The standard InChI is InChI=1S/C13H22N2O/c1-9(14-5-6-15-10(2)16)13-8-11-3-4-12(13)7-11/h3-4,9,11-14H,5-8H2,1-2H3,(H,15,16). The smallest absolute Gasteiger partial charge is 0.216 e. The van der Waals surface area contributed by atoms with Gasteiger partial charge < -0.3 is 10.6 Å². The summed E-state index contributed by atoms with van der Waals surface area (Å²) in [4.78, 5) is 10.7. The van der Waals surface area contributed by atoms with Crippen molar-refractivity contribution < 1.29 is 4.79 Å². The zero-order valence-corrected chi connectivity index (χ0v) is 10.2. The molecule has 0 aliphatic heterocycles. The first kappa shape index (κ1) is 11.6. The van der Waals surface area contributed by atoms with Gasteiger partial charge in [0.05, 0.1) is 0 Å². The number of hydrogen-bond donors (Lipinski definition) is 2. The van der Waals surface area contributed by atoms with Gasteiger partial charge in [0.1, 0.15) is 0 Å². The van der Waals surface area contributed by atoms with Crippen molar-refractivity contribution in [3.05, 3.63) is 12.2 Å². The third-order valence-corrected chi connectivity index (χ3v) is 3.94. The fourth-order valence-corrected chi connectivity index (χ4v) is 3.09. The van der Waals surface area contributed by atoms with Gasteiger partial charge in [0.2, 0.25) is 5.91 Å². The zero-order valence-electron chi connectivity index (χ0n) is 10.2. The Kier molecular flexibility index (Phi) is 3.64. The summed E-state index contributed by atoms with van der Waals surface area (Å²) in [6.07, 6.45) is 7.48. The summed E-state index contributed by atoms with van der Waals surface area (Å²) in [7, 11) is 0. The number of carbonyl (C=O) groups excluding carboxylic acids is 1. The summed E-state index contributed by atoms with van der Waals surface area (Å²) >= 11 is 0. The quantitative estimate of drug-likeness (QED) is 0.544. The second-order valence-corrected chi connectivity index (χ2v) is 5.17. The van der Waals surface area contributed by atoms with Crippen LogP contribution in [0.4, 0.5) is 0 Å². The van der Waals surface area contributed by atoms with Crippen molar-refractivity contribution in [3.8, 4) is 0 Å². The fraction of sp³-hybridized carbons (Fsp3) is 0.769. The summed E-state index contributed by atoms with van der Waals surface area (Å²) in [5, 5.41) is 6.33. The lowest BCUT2D eigenvalue weighted by Gasteiger charge is -2.26. The van der Waals surface area contributed by atoms with Crippen LogP contribution in [0.1, 0.15) is 26.7 Å². The molecule has 1 saturated carbocycles. The van der Waals surface area contributed by atoms with Crippen LogP contribution in [-0.4, -0.2) is 25.0 Å². The molecule has 0 saturated heterocycles. The molecule has 0 radical (unpaired) electrons. The van der Waals surface area contributed by atoms with Crippen LogP contribution in [-0.2, 0) is 4.79 Å². The van der Waals surface area contributed by atoms with E-state index in [4.69, 9.17) is 0 Å². The second-order valence-electron chi connectivity index (χ2n) is 5.17. The highest BCUT2D eigenvalue weighted by Gasteiger charge is 2.38. The van der Waals surface area contributed by atoms with Crippen LogP contribution in [0.25, 0.3) is 0 Å². The SMILES string of the molecule is CC(=O)NCCNC(C)C1CC2C=CC1C2. The molecule has 2 rings (SSSR count). The Hall–Kier alpha value is -0.830. The number of carbonyl (C=O) groups is 1. The van der Waals surface area contributed by atoms with Crippen LogP contribution in [0.2, 0.25) is 0 Å². The number of hydrogen-bond acceptors (Lipinski definition) is 2. The Labute approximate surface area is 97.7 Å². The van der Waals surface area contributed by atoms with Crippen LogP contribution in [0.5, 0.6) is 0 Å². The summed E-state index contributed by atoms with van der Waals surface area (Å²) in [6.45, 7) is 5.44. The van der Waals surface area contributed by atoms with E-state index in [1.165, 1.54) is 12.8 Å². The van der Waals surface area contributed by atoms with E-state index >= 15 is 0 Å². The summed E-state index contributed by atoms with van der Waals surface area (Å²) in [5.41, 5.74) is 0. The molecule has 2 aliphatic carbocycles. The number of amides is 1. The van der Waals surface area contributed by atoms with Gasteiger partial charge in [-0.3, -0.25) is 4.79 Å². The van der Waals surface area contributed by atoms with Gasteiger partial charge in [-0.1, -0.05) is 12.2 Å². The Bertz CT molecular complexity index is 288. The van der Waals surface area contributed by atoms with Gasteiger partial charge in [-0.05, 0) is 37.5 Å². The van der Waals surface area contributed by atoms with Gasteiger partial charge in [-0.15, -0.1) is 0 Å². The largest absolute Gasteiger partial charge is 0.355 e. The van der Waals surface area contributed by atoms with E-state index in [2.05, 4.69) is 29.7 Å². The first-order valence-corrected chi connectivity index (χ1v) is 6.33. The molecule has 0 aromatic carbocycles. The van der Waals surface area contributed by atoms with Crippen molar-refractivity contribution in [1.82, 2.24) is 10.6 Å². The molecule has 16 heavy (non-hydrogen) atoms. The maximum absolute atomic E-state index is 10.7. The van der Waals surface area contributed by atoms with E-state index in [1.807, 2.05) is 0 Å². The van der Waals surface area contributed by atoms with Crippen LogP contribution >= 0.6 is 0 Å². The minimum atomic E-state index is 0.0531. The fourth-order valence-electron chi connectivity index (χ4n) is 3.09. The van der Waals surface area contributed by atoms with Gasteiger partial charge in [0.25, 0.3) is 0 Å². The molecule has 0 spiro atoms. The summed E-state index contributed by atoms with van der Waals surface area (Å²) < 4.78 is 0. The molecule has 90 valence electrons. The molecule has 0 aromatic rings. The Morgan fingerprint density at radius 2 is 2.19 bits per heavy atom. The van der Waals surface area contributed by atoms with E-state index in [1.54, 1.807) is 6.92 Å². The van der Waals surface area contributed by atoms with Crippen LogP contribution in [0, 0.1) is 17.8 Å². The average Bonchev–Trinajstić information content (AvgIpc) is 2.85. The van der Waals surface area contributed by atoms with Crippen LogP contribution in [0.3, 0.4) is 0 Å². The van der Waals surface area contributed by atoms with Crippen molar-refractivity contribution in [2.24, 2.45) is 17.8 Å². The second kappa shape index (κ2) is 5.00. The van der Waals surface area contributed by atoms with Gasteiger partial charge in [0, 0.05) is 26.1 Å². The highest BCUT2D eigenvalue weighted by molar-refractivity contribution is 5.72. The molecule has 1 fully saturated rings. The van der Waals surface area contributed by atoms with Crippen LogP contribution in [0.15, 0.2) is 12.2 Å².